The van der Waals surface area contributed by atoms with Crippen molar-refractivity contribution in [3.05, 3.63) is 29.3 Å². The number of oxime groups is 1. The molecule has 0 amide bonds. The van der Waals surface area contributed by atoms with E-state index in [9.17, 15) is 13.2 Å². The summed E-state index contributed by atoms with van der Waals surface area (Å²) in [4.78, 5) is 1.95. The van der Waals surface area contributed by atoms with Gasteiger partial charge in [-0.05, 0) is 25.1 Å². The van der Waals surface area contributed by atoms with Crippen molar-refractivity contribution in [3.8, 4) is 0 Å². The fourth-order valence-corrected chi connectivity index (χ4v) is 3.35. The molecule has 0 spiro atoms. The highest BCUT2D eigenvalue weighted by Crippen LogP contribution is 2.35. The van der Waals surface area contributed by atoms with Gasteiger partial charge >= 0.3 is 6.18 Å². The van der Waals surface area contributed by atoms with E-state index in [-0.39, 0.29) is 11.6 Å². The van der Waals surface area contributed by atoms with Crippen LogP contribution in [0.15, 0.2) is 23.4 Å². The number of nitrogens with zero attached hydrogens (tertiary/aromatic N) is 2. The molecule has 1 aromatic carbocycles. The van der Waals surface area contributed by atoms with Gasteiger partial charge in [0, 0.05) is 35.3 Å². The van der Waals surface area contributed by atoms with Gasteiger partial charge in [0.2, 0.25) is 0 Å². The zero-order chi connectivity index (χ0) is 15.6. The van der Waals surface area contributed by atoms with Crippen LogP contribution in [-0.2, 0) is 6.18 Å². The van der Waals surface area contributed by atoms with Gasteiger partial charge in [0.15, 0.2) is 5.84 Å². The van der Waals surface area contributed by atoms with E-state index < -0.39 is 17.6 Å². The summed E-state index contributed by atoms with van der Waals surface area (Å²) < 4.78 is 39.5. The maximum absolute atomic E-state index is 13.2. The molecule has 116 valence electrons. The first-order valence-corrected chi connectivity index (χ1v) is 7.53. The molecule has 0 radical (unpaired) electrons. The predicted molar refractivity (Wildman–Crippen MR) is 78.1 cm³/mol. The van der Waals surface area contributed by atoms with Crippen LogP contribution in [0.5, 0.6) is 0 Å². The molecular formula is C13H16F3N3OS. The molecule has 1 aliphatic heterocycles. The Bertz CT molecular complexity index is 548. The highest BCUT2D eigenvalue weighted by molar-refractivity contribution is 7.99. The van der Waals surface area contributed by atoms with Gasteiger partial charge < -0.3 is 15.8 Å². The minimum atomic E-state index is -4.56. The van der Waals surface area contributed by atoms with E-state index in [2.05, 4.69) is 5.16 Å². The zero-order valence-corrected chi connectivity index (χ0v) is 12.2. The quantitative estimate of drug-likeness (QED) is 0.381. The molecular weight excluding hydrogens is 303 g/mol. The standard InChI is InChI=1S/C13H16F3N3OS/c1-8-7-21-5-4-19(8)9-2-3-10(12(17)18-20)11(6-9)13(14,15)16/h2-3,6,8,20H,4-5,7H2,1H3,(H2,17,18). The molecule has 1 atom stereocenters. The SMILES string of the molecule is CC1CSCCN1c1ccc(C(N)=NO)c(C(F)(F)F)c1. The number of alkyl halides is 3. The number of rotatable bonds is 2. The summed E-state index contributed by atoms with van der Waals surface area (Å²) in [6, 6.07) is 4.07. The third kappa shape index (κ3) is 3.37. The summed E-state index contributed by atoms with van der Waals surface area (Å²) in [6.45, 7) is 2.68. The number of benzene rings is 1. The lowest BCUT2D eigenvalue weighted by Gasteiger charge is -2.35. The summed E-state index contributed by atoms with van der Waals surface area (Å²) in [6.07, 6.45) is -4.56. The average Bonchev–Trinajstić information content (AvgIpc) is 2.45. The monoisotopic (exact) mass is 319 g/mol. The van der Waals surface area contributed by atoms with Crippen molar-refractivity contribution in [2.75, 3.05) is 23.0 Å². The highest BCUT2D eigenvalue weighted by Gasteiger charge is 2.35. The molecule has 1 fully saturated rings. The Labute approximate surface area is 124 Å². The normalized spacial score (nSPS) is 20.7. The first-order valence-electron chi connectivity index (χ1n) is 6.38. The van der Waals surface area contributed by atoms with E-state index in [1.807, 2.05) is 11.8 Å². The molecule has 0 aliphatic carbocycles. The van der Waals surface area contributed by atoms with Crippen molar-refractivity contribution >= 4 is 23.3 Å². The van der Waals surface area contributed by atoms with Gasteiger partial charge in [-0.3, -0.25) is 0 Å². The fourth-order valence-electron chi connectivity index (χ4n) is 2.33. The van der Waals surface area contributed by atoms with E-state index in [1.54, 1.807) is 17.8 Å². The van der Waals surface area contributed by atoms with Crippen molar-refractivity contribution < 1.29 is 18.4 Å². The van der Waals surface area contributed by atoms with Crippen LogP contribution in [0.2, 0.25) is 0 Å². The molecule has 0 saturated carbocycles. The molecule has 0 bridgehead atoms. The van der Waals surface area contributed by atoms with Crippen molar-refractivity contribution in [3.63, 3.8) is 0 Å². The van der Waals surface area contributed by atoms with Crippen molar-refractivity contribution in [1.82, 2.24) is 0 Å². The van der Waals surface area contributed by atoms with E-state index in [0.29, 0.717) is 12.2 Å². The first kappa shape index (κ1) is 15.8. The van der Waals surface area contributed by atoms with Gasteiger partial charge in [-0.25, -0.2) is 0 Å². The third-order valence-electron chi connectivity index (χ3n) is 3.39. The number of amidine groups is 1. The second-order valence-electron chi connectivity index (χ2n) is 4.83. The van der Waals surface area contributed by atoms with E-state index in [0.717, 1.165) is 17.6 Å². The van der Waals surface area contributed by atoms with Gasteiger partial charge in [0.1, 0.15) is 0 Å². The van der Waals surface area contributed by atoms with Crippen LogP contribution in [0, 0.1) is 0 Å². The Morgan fingerprint density at radius 1 is 1.48 bits per heavy atom. The maximum Gasteiger partial charge on any atom is 0.417 e. The zero-order valence-electron chi connectivity index (χ0n) is 11.4. The Balaban J connectivity index is 2.46. The average molecular weight is 319 g/mol. The van der Waals surface area contributed by atoms with Gasteiger partial charge in [-0.15, -0.1) is 0 Å². The van der Waals surface area contributed by atoms with Crippen LogP contribution in [0.4, 0.5) is 18.9 Å². The minimum Gasteiger partial charge on any atom is -0.409 e. The molecule has 3 N–H and O–H groups in total. The second-order valence-corrected chi connectivity index (χ2v) is 5.98. The lowest BCUT2D eigenvalue weighted by molar-refractivity contribution is -0.137. The van der Waals surface area contributed by atoms with Crippen LogP contribution in [0.25, 0.3) is 0 Å². The summed E-state index contributed by atoms with van der Waals surface area (Å²) in [5.41, 5.74) is 4.63. The van der Waals surface area contributed by atoms with Gasteiger partial charge in [-0.2, -0.15) is 24.9 Å². The highest BCUT2D eigenvalue weighted by atomic mass is 32.2. The molecule has 1 saturated heterocycles. The Hall–Kier alpha value is -1.57. The van der Waals surface area contributed by atoms with Crippen LogP contribution >= 0.6 is 11.8 Å². The van der Waals surface area contributed by atoms with Crippen molar-refractivity contribution in [1.29, 1.82) is 0 Å². The molecule has 4 nitrogen and oxygen atoms in total. The van der Waals surface area contributed by atoms with Crippen LogP contribution < -0.4 is 10.6 Å². The largest absolute Gasteiger partial charge is 0.417 e. The maximum atomic E-state index is 13.2. The first-order chi connectivity index (χ1) is 9.84. The Morgan fingerprint density at radius 3 is 2.76 bits per heavy atom. The molecule has 1 heterocycles. The molecule has 1 aromatic rings. The third-order valence-corrected chi connectivity index (χ3v) is 4.58. The Kier molecular flexibility index (Phi) is 4.55. The van der Waals surface area contributed by atoms with Crippen LogP contribution in [-0.4, -0.2) is 35.1 Å². The fraction of sp³-hybridized carbons (Fsp3) is 0.462. The number of halogens is 3. The molecule has 8 heteroatoms. The van der Waals surface area contributed by atoms with E-state index in [4.69, 9.17) is 10.9 Å². The van der Waals surface area contributed by atoms with Gasteiger partial charge in [0.25, 0.3) is 0 Å². The van der Waals surface area contributed by atoms with Crippen molar-refractivity contribution in [2.24, 2.45) is 10.9 Å². The summed E-state index contributed by atoms with van der Waals surface area (Å²) >= 11 is 1.79. The summed E-state index contributed by atoms with van der Waals surface area (Å²) in [5, 5.41) is 11.3. The lowest BCUT2D eigenvalue weighted by atomic mass is 10.0. The molecule has 2 rings (SSSR count). The minimum absolute atomic E-state index is 0.166. The summed E-state index contributed by atoms with van der Waals surface area (Å²) in [5.74, 6) is 1.22. The smallest absolute Gasteiger partial charge is 0.409 e. The topological polar surface area (TPSA) is 61.8 Å². The number of hydrogen-bond donors (Lipinski definition) is 2. The van der Waals surface area contributed by atoms with Gasteiger partial charge in [-0.1, -0.05) is 5.16 Å². The Morgan fingerprint density at radius 2 is 2.19 bits per heavy atom. The van der Waals surface area contributed by atoms with E-state index in [1.165, 1.54) is 6.07 Å². The number of thioether (sulfide) groups is 1. The number of anilines is 1. The van der Waals surface area contributed by atoms with E-state index >= 15 is 0 Å². The molecule has 0 aromatic heterocycles. The second kappa shape index (κ2) is 6.05. The van der Waals surface area contributed by atoms with Crippen LogP contribution in [0.1, 0.15) is 18.1 Å². The molecule has 21 heavy (non-hydrogen) atoms. The summed E-state index contributed by atoms with van der Waals surface area (Å²) in [7, 11) is 0. The van der Waals surface area contributed by atoms with Crippen molar-refractivity contribution in [2.45, 2.75) is 19.1 Å². The van der Waals surface area contributed by atoms with Gasteiger partial charge in [0.05, 0.1) is 5.56 Å². The molecule has 1 unspecified atom stereocenters. The van der Waals surface area contributed by atoms with Crippen LogP contribution in [0.3, 0.4) is 0 Å². The lowest BCUT2D eigenvalue weighted by Crippen LogP contribution is -2.40. The number of nitrogens with two attached hydrogens (primary N) is 1. The number of hydrogen-bond acceptors (Lipinski definition) is 4. The molecule has 1 aliphatic rings. The predicted octanol–water partition coefficient (Wildman–Crippen LogP) is 2.74.